The molecule has 0 aliphatic heterocycles. The summed E-state index contributed by atoms with van der Waals surface area (Å²) in [6, 6.07) is 16.5. The average Bonchev–Trinajstić information content (AvgIpc) is 2.97. The molecule has 0 aliphatic rings. The fourth-order valence-electron chi connectivity index (χ4n) is 2.65. The van der Waals surface area contributed by atoms with Gasteiger partial charge < -0.3 is 10.3 Å². The SMILES string of the molecule is O=C(Nc1ccccc1)c1n[nH]c(=O)c2[nH]c3ccccc3c12. The van der Waals surface area contributed by atoms with Gasteiger partial charge in [0.15, 0.2) is 5.69 Å². The molecule has 0 spiro atoms. The molecule has 0 radical (unpaired) electrons. The lowest BCUT2D eigenvalue weighted by atomic mass is 10.1. The Morgan fingerprint density at radius 3 is 2.57 bits per heavy atom. The standard InChI is InChI=1S/C17H12N4O2/c22-16(18-10-6-2-1-3-7-10)15-13-11-8-4-5-9-12(11)19-14(13)17(23)21-20-15/h1-9,19H,(H,18,22)(H,21,23). The lowest BCUT2D eigenvalue weighted by Gasteiger charge is -2.05. The van der Waals surface area contributed by atoms with Crippen LogP contribution in [0, 0.1) is 0 Å². The van der Waals surface area contributed by atoms with Crippen molar-refractivity contribution < 1.29 is 4.79 Å². The number of benzene rings is 2. The first-order chi connectivity index (χ1) is 11.2. The Balaban J connectivity index is 1.91. The zero-order valence-electron chi connectivity index (χ0n) is 12.0. The van der Waals surface area contributed by atoms with Crippen molar-refractivity contribution >= 4 is 33.4 Å². The third-order valence-electron chi connectivity index (χ3n) is 3.69. The van der Waals surface area contributed by atoms with E-state index >= 15 is 0 Å². The van der Waals surface area contributed by atoms with Crippen LogP contribution in [0.1, 0.15) is 10.5 Å². The molecule has 1 amide bonds. The minimum atomic E-state index is -0.373. The highest BCUT2D eigenvalue weighted by molar-refractivity contribution is 6.19. The second-order valence-corrected chi connectivity index (χ2v) is 5.14. The van der Waals surface area contributed by atoms with Crippen LogP contribution in [0.5, 0.6) is 0 Å². The van der Waals surface area contributed by atoms with E-state index in [0.717, 1.165) is 10.9 Å². The van der Waals surface area contributed by atoms with Crippen molar-refractivity contribution in [1.82, 2.24) is 15.2 Å². The number of carbonyl (C=O) groups excluding carboxylic acids is 1. The van der Waals surface area contributed by atoms with Crippen LogP contribution in [-0.4, -0.2) is 21.1 Å². The molecule has 112 valence electrons. The summed E-state index contributed by atoms with van der Waals surface area (Å²) in [6.45, 7) is 0. The van der Waals surface area contributed by atoms with E-state index in [1.54, 1.807) is 12.1 Å². The van der Waals surface area contributed by atoms with Crippen LogP contribution in [0.15, 0.2) is 59.4 Å². The lowest BCUT2D eigenvalue weighted by molar-refractivity contribution is 0.102. The molecule has 0 fully saturated rings. The van der Waals surface area contributed by atoms with Crippen LogP contribution >= 0.6 is 0 Å². The monoisotopic (exact) mass is 304 g/mol. The van der Waals surface area contributed by atoms with Crippen molar-refractivity contribution in [3.05, 3.63) is 70.6 Å². The van der Waals surface area contributed by atoms with Gasteiger partial charge >= 0.3 is 0 Å². The molecule has 0 atom stereocenters. The largest absolute Gasteiger partial charge is 0.350 e. The Morgan fingerprint density at radius 1 is 1.00 bits per heavy atom. The number of hydrogen-bond donors (Lipinski definition) is 3. The molecular formula is C17H12N4O2. The van der Waals surface area contributed by atoms with Crippen molar-refractivity contribution in [2.75, 3.05) is 5.32 Å². The zero-order valence-corrected chi connectivity index (χ0v) is 12.0. The van der Waals surface area contributed by atoms with Crippen molar-refractivity contribution in [3.63, 3.8) is 0 Å². The summed E-state index contributed by atoms with van der Waals surface area (Å²) in [6.07, 6.45) is 0. The van der Waals surface area contributed by atoms with Crippen LogP contribution in [-0.2, 0) is 0 Å². The summed E-state index contributed by atoms with van der Waals surface area (Å²) in [5.74, 6) is -0.373. The third-order valence-corrected chi connectivity index (χ3v) is 3.69. The van der Waals surface area contributed by atoms with Gasteiger partial charge in [-0.1, -0.05) is 36.4 Å². The van der Waals surface area contributed by atoms with Gasteiger partial charge in [0.1, 0.15) is 5.52 Å². The maximum Gasteiger partial charge on any atom is 0.288 e. The van der Waals surface area contributed by atoms with Gasteiger partial charge in [0.05, 0.1) is 0 Å². The van der Waals surface area contributed by atoms with E-state index in [0.29, 0.717) is 16.6 Å². The van der Waals surface area contributed by atoms with Gasteiger partial charge in [0.2, 0.25) is 0 Å². The summed E-state index contributed by atoms with van der Waals surface area (Å²) in [7, 11) is 0. The topological polar surface area (TPSA) is 90.6 Å². The molecular weight excluding hydrogens is 292 g/mol. The Bertz CT molecular complexity index is 1080. The van der Waals surface area contributed by atoms with Crippen molar-refractivity contribution in [2.24, 2.45) is 0 Å². The molecule has 0 aliphatic carbocycles. The molecule has 2 heterocycles. The summed E-state index contributed by atoms with van der Waals surface area (Å²) >= 11 is 0. The predicted octanol–water partition coefficient (Wildman–Crippen LogP) is 2.66. The van der Waals surface area contributed by atoms with Crippen molar-refractivity contribution in [1.29, 1.82) is 0 Å². The number of hydrogen-bond acceptors (Lipinski definition) is 3. The van der Waals surface area contributed by atoms with Gasteiger partial charge in [-0.25, -0.2) is 5.10 Å². The molecule has 23 heavy (non-hydrogen) atoms. The number of rotatable bonds is 2. The first-order valence-electron chi connectivity index (χ1n) is 7.09. The number of nitrogens with zero attached hydrogens (tertiary/aromatic N) is 1. The van der Waals surface area contributed by atoms with Crippen LogP contribution in [0.4, 0.5) is 5.69 Å². The highest BCUT2D eigenvalue weighted by atomic mass is 16.2. The lowest BCUT2D eigenvalue weighted by Crippen LogP contribution is -2.19. The van der Waals surface area contributed by atoms with E-state index in [1.165, 1.54) is 0 Å². The molecule has 3 N–H and O–H groups in total. The molecule has 0 saturated heterocycles. The van der Waals surface area contributed by atoms with E-state index in [9.17, 15) is 9.59 Å². The number of nitrogens with one attached hydrogen (secondary N) is 3. The smallest absolute Gasteiger partial charge is 0.288 e. The van der Waals surface area contributed by atoms with Gasteiger partial charge in [-0.15, -0.1) is 0 Å². The number of aromatic amines is 2. The second kappa shape index (κ2) is 5.10. The van der Waals surface area contributed by atoms with E-state index < -0.39 is 0 Å². The molecule has 2 aromatic heterocycles. The molecule has 6 nitrogen and oxygen atoms in total. The number of fused-ring (bicyclic) bond motifs is 3. The Hall–Kier alpha value is -3.41. The summed E-state index contributed by atoms with van der Waals surface area (Å²) in [5.41, 5.74) is 1.63. The fraction of sp³-hybridized carbons (Fsp3) is 0. The molecule has 4 rings (SSSR count). The number of amides is 1. The molecule has 0 saturated carbocycles. The van der Waals surface area contributed by atoms with Gasteiger partial charge in [0, 0.05) is 22.0 Å². The first kappa shape index (κ1) is 13.3. The van der Waals surface area contributed by atoms with Gasteiger partial charge in [-0.2, -0.15) is 5.10 Å². The second-order valence-electron chi connectivity index (χ2n) is 5.14. The van der Waals surface area contributed by atoms with Crippen molar-refractivity contribution in [3.8, 4) is 0 Å². The maximum atomic E-state index is 12.6. The number of anilines is 1. The zero-order chi connectivity index (χ0) is 15.8. The molecule has 2 aromatic carbocycles. The Kier molecular flexibility index (Phi) is 2.94. The minimum Gasteiger partial charge on any atom is -0.350 e. The summed E-state index contributed by atoms with van der Waals surface area (Å²) in [4.78, 5) is 27.6. The van der Waals surface area contributed by atoms with Crippen LogP contribution in [0.3, 0.4) is 0 Å². The number of carbonyl (C=O) groups is 1. The first-order valence-corrected chi connectivity index (χ1v) is 7.09. The van der Waals surface area contributed by atoms with Crippen LogP contribution in [0.2, 0.25) is 0 Å². The van der Waals surface area contributed by atoms with Crippen LogP contribution < -0.4 is 10.9 Å². The number of H-pyrrole nitrogens is 2. The van der Waals surface area contributed by atoms with Crippen molar-refractivity contribution in [2.45, 2.75) is 0 Å². The summed E-state index contributed by atoms with van der Waals surface area (Å²) in [5, 5.41) is 10.4. The molecule has 0 bridgehead atoms. The fourth-order valence-corrected chi connectivity index (χ4v) is 2.65. The Morgan fingerprint density at radius 2 is 1.74 bits per heavy atom. The normalized spacial score (nSPS) is 11.0. The molecule has 4 aromatic rings. The Labute approximate surface area is 130 Å². The van der Waals surface area contributed by atoms with Gasteiger partial charge in [0.25, 0.3) is 11.5 Å². The third kappa shape index (κ3) is 2.17. The van der Waals surface area contributed by atoms with E-state index in [4.69, 9.17) is 0 Å². The molecule has 6 heteroatoms. The maximum absolute atomic E-state index is 12.6. The highest BCUT2D eigenvalue weighted by Crippen LogP contribution is 2.25. The van der Waals surface area contributed by atoms with E-state index in [1.807, 2.05) is 42.5 Å². The average molecular weight is 304 g/mol. The van der Waals surface area contributed by atoms with E-state index in [2.05, 4.69) is 20.5 Å². The van der Waals surface area contributed by atoms with E-state index in [-0.39, 0.29) is 17.2 Å². The predicted molar refractivity (Wildman–Crippen MR) is 88.6 cm³/mol. The summed E-state index contributed by atoms with van der Waals surface area (Å²) < 4.78 is 0. The quantitative estimate of drug-likeness (QED) is 0.531. The van der Waals surface area contributed by atoms with Crippen LogP contribution in [0.25, 0.3) is 21.8 Å². The number of aromatic nitrogens is 3. The van der Waals surface area contributed by atoms with Gasteiger partial charge in [-0.05, 0) is 18.2 Å². The van der Waals surface area contributed by atoms with Gasteiger partial charge in [-0.3, -0.25) is 9.59 Å². The minimum absolute atomic E-state index is 0.181. The number of para-hydroxylation sites is 2. The highest BCUT2D eigenvalue weighted by Gasteiger charge is 2.18. The molecule has 0 unspecified atom stereocenters.